The first-order valence-electron chi connectivity index (χ1n) is 6.54. The van der Waals surface area contributed by atoms with Crippen molar-refractivity contribution in [2.24, 2.45) is 5.10 Å². The highest BCUT2D eigenvalue weighted by Crippen LogP contribution is 2.22. The zero-order valence-corrected chi connectivity index (χ0v) is 13.7. The quantitative estimate of drug-likeness (QED) is 0.384. The maximum Gasteiger partial charge on any atom is 0.427 e. The first-order valence-corrected chi connectivity index (χ1v) is 7.33. The fourth-order valence-electron chi connectivity index (χ4n) is 1.65. The molecule has 1 N–H and O–H groups in total. The van der Waals surface area contributed by atoms with E-state index in [-0.39, 0.29) is 0 Å². The summed E-state index contributed by atoms with van der Waals surface area (Å²) in [6, 6.07) is 13.7. The second kappa shape index (κ2) is 8.09. The number of halogens is 1. The van der Waals surface area contributed by atoms with Crippen LogP contribution in [0.25, 0.3) is 0 Å². The lowest BCUT2D eigenvalue weighted by Gasteiger charge is -2.08. The number of amides is 1. The predicted molar refractivity (Wildman–Crippen MR) is 88.7 cm³/mol. The number of methoxy groups -OCH3 is 1. The Morgan fingerprint density at radius 2 is 1.91 bits per heavy atom. The molecule has 0 fully saturated rings. The summed E-state index contributed by atoms with van der Waals surface area (Å²) >= 11 is 3.33. The summed E-state index contributed by atoms with van der Waals surface area (Å²) in [7, 11) is 1.23. The predicted octanol–water partition coefficient (Wildman–Crippen LogP) is 3.36. The third kappa shape index (κ3) is 4.93. The van der Waals surface area contributed by atoms with Crippen molar-refractivity contribution in [1.82, 2.24) is 5.43 Å². The van der Waals surface area contributed by atoms with E-state index in [2.05, 4.69) is 31.2 Å². The number of hydrazone groups is 1. The molecule has 118 valence electrons. The third-order valence-corrected chi connectivity index (χ3v) is 3.22. The minimum Gasteiger partial charge on any atom is -0.452 e. The molecule has 0 bridgehead atoms. The second-order valence-corrected chi connectivity index (χ2v) is 5.21. The number of ether oxygens (including phenoxy) is 2. The highest BCUT2D eigenvalue weighted by molar-refractivity contribution is 9.10. The number of esters is 1. The van der Waals surface area contributed by atoms with Crippen LogP contribution >= 0.6 is 15.9 Å². The average Bonchev–Trinajstić information content (AvgIpc) is 2.57. The van der Waals surface area contributed by atoms with E-state index in [4.69, 9.17) is 4.74 Å². The van der Waals surface area contributed by atoms with Crippen LogP contribution in [0.5, 0.6) is 5.75 Å². The number of carbonyl (C=O) groups excluding carboxylic acids is 2. The highest BCUT2D eigenvalue weighted by Gasteiger charge is 2.11. The largest absolute Gasteiger partial charge is 0.452 e. The Hall–Kier alpha value is -2.67. The molecule has 0 saturated heterocycles. The summed E-state index contributed by atoms with van der Waals surface area (Å²) in [6.45, 7) is 0. The van der Waals surface area contributed by atoms with Gasteiger partial charge in [-0.3, -0.25) is 0 Å². The molecule has 0 unspecified atom stereocenters. The summed E-state index contributed by atoms with van der Waals surface area (Å²) in [4.78, 5) is 23.1. The lowest BCUT2D eigenvalue weighted by atomic mass is 10.2. The number of benzene rings is 2. The fraction of sp³-hybridized carbons (Fsp3) is 0.0625. The SMILES string of the molecule is COC(=O)N/N=C\c1cc(Br)ccc1OC(=O)c1ccccc1. The minimum atomic E-state index is -0.695. The van der Waals surface area contributed by atoms with Crippen LogP contribution < -0.4 is 10.2 Å². The molecular weight excluding hydrogens is 364 g/mol. The minimum absolute atomic E-state index is 0.317. The molecule has 0 radical (unpaired) electrons. The van der Waals surface area contributed by atoms with E-state index < -0.39 is 12.1 Å². The molecule has 6 nitrogen and oxygen atoms in total. The topological polar surface area (TPSA) is 77.0 Å². The summed E-state index contributed by atoms with van der Waals surface area (Å²) in [5.74, 6) is -0.166. The summed E-state index contributed by atoms with van der Waals surface area (Å²) in [5.41, 5.74) is 3.12. The lowest BCUT2D eigenvalue weighted by molar-refractivity contribution is 0.0734. The highest BCUT2D eigenvalue weighted by atomic mass is 79.9. The molecule has 0 aliphatic rings. The van der Waals surface area contributed by atoms with Crippen LogP contribution in [0.4, 0.5) is 4.79 Å². The number of carbonyl (C=O) groups is 2. The van der Waals surface area contributed by atoms with Gasteiger partial charge in [-0.2, -0.15) is 5.10 Å². The van der Waals surface area contributed by atoms with E-state index in [0.29, 0.717) is 16.9 Å². The maximum absolute atomic E-state index is 12.1. The van der Waals surface area contributed by atoms with Crippen molar-refractivity contribution in [3.05, 3.63) is 64.1 Å². The van der Waals surface area contributed by atoms with Crippen LogP contribution in [0.2, 0.25) is 0 Å². The first-order chi connectivity index (χ1) is 11.1. The van der Waals surface area contributed by atoms with Crippen molar-refractivity contribution >= 4 is 34.2 Å². The van der Waals surface area contributed by atoms with Crippen LogP contribution in [0.15, 0.2) is 58.1 Å². The van der Waals surface area contributed by atoms with Crippen LogP contribution in [0, 0.1) is 0 Å². The molecule has 0 heterocycles. The average molecular weight is 377 g/mol. The number of hydrogen-bond donors (Lipinski definition) is 1. The Labute approximate surface area is 141 Å². The zero-order valence-electron chi connectivity index (χ0n) is 12.2. The number of hydrogen-bond acceptors (Lipinski definition) is 5. The van der Waals surface area contributed by atoms with E-state index in [1.165, 1.54) is 13.3 Å². The zero-order chi connectivity index (χ0) is 16.7. The second-order valence-electron chi connectivity index (χ2n) is 4.30. The Morgan fingerprint density at radius 1 is 1.17 bits per heavy atom. The van der Waals surface area contributed by atoms with Gasteiger partial charge < -0.3 is 9.47 Å². The molecule has 0 aromatic heterocycles. The maximum atomic E-state index is 12.1. The van der Waals surface area contributed by atoms with Crippen LogP contribution in [-0.4, -0.2) is 25.4 Å². The summed E-state index contributed by atoms with van der Waals surface area (Å²) in [5, 5.41) is 3.73. The van der Waals surface area contributed by atoms with Gasteiger partial charge in [-0.1, -0.05) is 34.1 Å². The molecule has 7 heteroatoms. The van der Waals surface area contributed by atoms with Gasteiger partial charge in [0, 0.05) is 10.0 Å². The smallest absolute Gasteiger partial charge is 0.427 e. The van der Waals surface area contributed by atoms with Gasteiger partial charge in [0.25, 0.3) is 0 Å². The Balaban J connectivity index is 2.18. The van der Waals surface area contributed by atoms with E-state index in [1.807, 2.05) is 6.07 Å². The Bertz CT molecular complexity index is 732. The van der Waals surface area contributed by atoms with Gasteiger partial charge in [0.1, 0.15) is 5.75 Å². The van der Waals surface area contributed by atoms with Crippen molar-refractivity contribution in [3.63, 3.8) is 0 Å². The molecule has 2 rings (SSSR count). The molecule has 1 amide bonds. The van der Waals surface area contributed by atoms with Gasteiger partial charge in [-0.05, 0) is 30.3 Å². The standard InChI is InChI=1S/C16H13BrN2O4/c1-22-16(21)19-18-10-12-9-13(17)7-8-14(12)23-15(20)11-5-3-2-4-6-11/h2-10H,1H3,(H,19,21)/b18-10-. The molecule has 23 heavy (non-hydrogen) atoms. The number of nitrogens with one attached hydrogen (secondary N) is 1. The Morgan fingerprint density at radius 3 is 2.61 bits per heavy atom. The molecule has 0 aliphatic heterocycles. The monoisotopic (exact) mass is 376 g/mol. The van der Waals surface area contributed by atoms with Gasteiger partial charge in [-0.15, -0.1) is 0 Å². The molecule has 0 atom stereocenters. The third-order valence-electron chi connectivity index (χ3n) is 2.73. The van der Waals surface area contributed by atoms with Crippen molar-refractivity contribution in [2.45, 2.75) is 0 Å². The van der Waals surface area contributed by atoms with Gasteiger partial charge >= 0.3 is 12.1 Å². The molecule has 0 aliphatic carbocycles. The molecule has 2 aromatic carbocycles. The summed E-state index contributed by atoms with van der Waals surface area (Å²) in [6.07, 6.45) is 0.661. The summed E-state index contributed by atoms with van der Waals surface area (Å²) < 4.78 is 10.6. The van der Waals surface area contributed by atoms with E-state index in [1.54, 1.807) is 42.5 Å². The van der Waals surface area contributed by atoms with Gasteiger partial charge in [0.15, 0.2) is 0 Å². The van der Waals surface area contributed by atoms with Crippen LogP contribution in [0.1, 0.15) is 15.9 Å². The van der Waals surface area contributed by atoms with Crippen LogP contribution in [-0.2, 0) is 4.74 Å². The van der Waals surface area contributed by atoms with Crippen molar-refractivity contribution in [1.29, 1.82) is 0 Å². The fourth-order valence-corrected chi connectivity index (χ4v) is 2.03. The van der Waals surface area contributed by atoms with E-state index >= 15 is 0 Å². The van der Waals surface area contributed by atoms with Crippen molar-refractivity contribution in [2.75, 3.05) is 7.11 Å². The first kappa shape index (κ1) is 16.7. The molecule has 2 aromatic rings. The van der Waals surface area contributed by atoms with Gasteiger partial charge in [-0.25, -0.2) is 15.0 Å². The van der Waals surface area contributed by atoms with Crippen molar-refractivity contribution < 1.29 is 19.1 Å². The molecular formula is C16H13BrN2O4. The van der Waals surface area contributed by atoms with Gasteiger partial charge in [0.05, 0.1) is 18.9 Å². The van der Waals surface area contributed by atoms with Crippen LogP contribution in [0.3, 0.4) is 0 Å². The van der Waals surface area contributed by atoms with E-state index in [9.17, 15) is 9.59 Å². The van der Waals surface area contributed by atoms with E-state index in [0.717, 1.165) is 4.47 Å². The number of nitrogens with zero attached hydrogens (tertiary/aromatic N) is 1. The normalized spacial score (nSPS) is 10.3. The van der Waals surface area contributed by atoms with Crippen molar-refractivity contribution in [3.8, 4) is 5.75 Å². The molecule has 0 saturated carbocycles. The Kier molecular flexibility index (Phi) is 5.87. The molecule has 0 spiro atoms. The van der Waals surface area contributed by atoms with Gasteiger partial charge in [0.2, 0.25) is 0 Å². The number of rotatable bonds is 4. The lowest BCUT2D eigenvalue weighted by Crippen LogP contribution is -2.17.